The number of rotatable bonds is 6. The van der Waals surface area contributed by atoms with Crippen LogP contribution in [0.5, 0.6) is 0 Å². The Hall–Kier alpha value is -3.45. The zero-order chi connectivity index (χ0) is 21.5. The molecule has 1 heterocycles. The number of esters is 2. The fourth-order valence-electron chi connectivity index (χ4n) is 3.46. The van der Waals surface area contributed by atoms with Gasteiger partial charge in [0.2, 0.25) is 0 Å². The average Bonchev–Trinajstić information content (AvgIpc) is 2.78. The molecule has 1 amide bonds. The Kier molecular flexibility index (Phi) is 6.98. The van der Waals surface area contributed by atoms with E-state index in [4.69, 9.17) is 9.47 Å². The van der Waals surface area contributed by atoms with Crippen LogP contribution in [0.25, 0.3) is 5.57 Å². The van der Waals surface area contributed by atoms with Crippen LogP contribution in [0, 0.1) is 0 Å². The number of carbonyl (C=O) groups excluding carboxylic acids is 3. The molecule has 0 aliphatic carbocycles. The first-order valence-electron chi connectivity index (χ1n) is 9.69. The maximum atomic E-state index is 12.5. The summed E-state index contributed by atoms with van der Waals surface area (Å²) in [5.41, 5.74) is 3.19. The largest absolute Gasteiger partial charge is 0.465 e. The highest BCUT2D eigenvalue weighted by molar-refractivity contribution is 5.99. The number of hydrogen-bond donors (Lipinski definition) is 2. The minimum atomic E-state index is -0.600. The van der Waals surface area contributed by atoms with E-state index in [1.807, 2.05) is 18.2 Å². The molecule has 0 saturated heterocycles. The Morgan fingerprint density at radius 1 is 0.967 bits per heavy atom. The van der Waals surface area contributed by atoms with Gasteiger partial charge < -0.3 is 19.7 Å². The lowest BCUT2D eigenvalue weighted by Gasteiger charge is -2.23. The van der Waals surface area contributed by atoms with Gasteiger partial charge in [-0.2, -0.15) is 0 Å². The van der Waals surface area contributed by atoms with Crippen molar-refractivity contribution < 1.29 is 28.8 Å². The third-order valence-corrected chi connectivity index (χ3v) is 5.00. The third-order valence-electron chi connectivity index (χ3n) is 5.00. The van der Waals surface area contributed by atoms with Crippen LogP contribution in [0.2, 0.25) is 0 Å². The van der Waals surface area contributed by atoms with Gasteiger partial charge in [-0.1, -0.05) is 30.3 Å². The Labute approximate surface area is 175 Å². The fraction of sp³-hybridized carbons (Fsp3) is 0.261. The number of anilines is 1. The second-order valence-corrected chi connectivity index (χ2v) is 7.06. The van der Waals surface area contributed by atoms with Crippen molar-refractivity contribution in [3.05, 3.63) is 71.3 Å². The lowest BCUT2D eigenvalue weighted by atomic mass is 10.00. The van der Waals surface area contributed by atoms with Crippen LogP contribution in [0.4, 0.5) is 5.69 Å². The summed E-state index contributed by atoms with van der Waals surface area (Å²) in [7, 11) is 2.50. The van der Waals surface area contributed by atoms with Gasteiger partial charge in [-0.15, -0.1) is 0 Å². The molecule has 2 N–H and O–H groups in total. The minimum Gasteiger partial charge on any atom is -0.465 e. The molecule has 2 aromatic rings. The number of amides is 1. The minimum absolute atomic E-state index is 0.163. The molecule has 0 fully saturated rings. The van der Waals surface area contributed by atoms with Crippen LogP contribution >= 0.6 is 0 Å². The van der Waals surface area contributed by atoms with Crippen molar-refractivity contribution >= 4 is 29.1 Å². The standard InChI is InChI=1S/C23H24N2O5/c1-29-22(27)18-12-19(23(28)30-2)14-20(13-18)24-21(26)15-25-10-8-17(9-11-25)16-6-4-3-5-7-16/h3-8,12-14H,9-11,15H2,1-2H3,(H,24,26)/p+1. The first kappa shape index (κ1) is 21.3. The SMILES string of the molecule is COC(=O)c1cc(NC(=O)C[NH+]2CC=C(c3ccccc3)CC2)cc(C(=O)OC)c1. The highest BCUT2D eigenvalue weighted by Crippen LogP contribution is 2.18. The smallest absolute Gasteiger partial charge is 0.337 e. The molecule has 0 bridgehead atoms. The number of methoxy groups -OCH3 is 2. The van der Waals surface area contributed by atoms with E-state index in [9.17, 15) is 14.4 Å². The topological polar surface area (TPSA) is 86.1 Å². The van der Waals surface area contributed by atoms with Gasteiger partial charge in [-0.05, 0) is 35.4 Å². The van der Waals surface area contributed by atoms with Gasteiger partial charge in [0.05, 0.1) is 38.4 Å². The third kappa shape index (κ3) is 5.33. The number of nitrogens with one attached hydrogen (secondary N) is 2. The fourth-order valence-corrected chi connectivity index (χ4v) is 3.46. The molecule has 1 aliphatic heterocycles. The number of carbonyl (C=O) groups is 3. The molecule has 7 nitrogen and oxygen atoms in total. The zero-order valence-corrected chi connectivity index (χ0v) is 17.1. The van der Waals surface area contributed by atoms with Crippen LogP contribution < -0.4 is 10.2 Å². The van der Waals surface area contributed by atoms with Crippen LogP contribution in [0.1, 0.15) is 32.7 Å². The lowest BCUT2D eigenvalue weighted by molar-refractivity contribution is -0.886. The molecule has 1 unspecified atom stereocenters. The molecule has 30 heavy (non-hydrogen) atoms. The summed E-state index contributed by atoms with van der Waals surface area (Å²) in [4.78, 5) is 37.5. The molecule has 2 aromatic carbocycles. The van der Waals surface area contributed by atoms with Crippen molar-refractivity contribution in [2.75, 3.05) is 39.2 Å². The van der Waals surface area contributed by atoms with Crippen LogP contribution in [0.3, 0.4) is 0 Å². The molecule has 0 saturated carbocycles. The van der Waals surface area contributed by atoms with Gasteiger partial charge in [0.25, 0.3) is 5.91 Å². The first-order chi connectivity index (χ1) is 14.5. The molecular weight excluding hydrogens is 384 g/mol. The maximum Gasteiger partial charge on any atom is 0.337 e. The van der Waals surface area contributed by atoms with E-state index in [1.54, 1.807) is 0 Å². The molecule has 1 aliphatic rings. The quantitative estimate of drug-likeness (QED) is 0.708. The Morgan fingerprint density at radius 3 is 2.13 bits per heavy atom. The van der Waals surface area contributed by atoms with E-state index in [2.05, 4.69) is 23.5 Å². The molecule has 1 atom stereocenters. The summed E-state index contributed by atoms with van der Waals surface area (Å²) in [5.74, 6) is -1.40. The summed E-state index contributed by atoms with van der Waals surface area (Å²) in [5, 5.41) is 2.77. The van der Waals surface area contributed by atoms with Crippen LogP contribution in [0.15, 0.2) is 54.6 Å². The van der Waals surface area contributed by atoms with Crippen LogP contribution in [-0.4, -0.2) is 51.7 Å². The second kappa shape index (κ2) is 9.84. The Bertz CT molecular complexity index is 935. The van der Waals surface area contributed by atoms with Gasteiger partial charge in [0.15, 0.2) is 6.54 Å². The maximum absolute atomic E-state index is 12.5. The van der Waals surface area contributed by atoms with Gasteiger partial charge >= 0.3 is 11.9 Å². The average molecular weight is 409 g/mol. The molecule has 0 radical (unpaired) electrons. The van der Waals surface area contributed by atoms with E-state index in [0.717, 1.165) is 24.4 Å². The second-order valence-electron chi connectivity index (χ2n) is 7.06. The number of benzene rings is 2. The molecule has 3 rings (SSSR count). The predicted octanol–water partition coefficient (Wildman–Crippen LogP) is 1.57. The van der Waals surface area contributed by atoms with Gasteiger partial charge in [-0.25, -0.2) is 9.59 Å². The van der Waals surface area contributed by atoms with Crippen molar-refractivity contribution in [3.8, 4) is 0 Å². The van der Waals surface area contributed by atoms with Crippen molar-refractivity contribution in [2.45, 2.75) is 6.42 Å². The van der Waals surface area contributed by atoms with Gasteiger partial charge in [0.1, 0.15) is 0 Å². The van der Waals surface area contributed by atoms with E-state index >= 15 is 0 Å². The van der Waals surface area contributed by atoms with Gasteiger partial charge in [-0.3, -0.25) is 4.79 Å². The number of ether oxygens (including phenoxy) is 2. The van der Waals surface area contributed by atoms with E-state index < -0.39 is 11.9 Å². The van der Waals surface area contributed by atoms with Crippen molar-refractivity contribution in [1.82, 2.24) is 0 Å². The van der Waals surface area contributed by atoms with Crippen molar-refractivity contribution in [3.63, 3.8) is 0 Å². The van der Waals surface area contributed by atoms with E-state index in [-0.39, 0.29) is 23.6 Å². The lowest BCUT2D eigenvalue weighted by Crippen LogP contribution is -3.13. The summed E-state index contributed by atoms with van der Waals surface area (Å²) >= 11 is 0. The molecule has 7 heteroatoms. The predicted molar refractivity (Wildman–Crippen MR) is 112 cm³/mol. The Balaban J connectivity index is 1.65. The normalized spacial score (nSPS) is 15.7. The summed E-state index contributed by atoms with van der Waals surface area (Å²) in [6.45, 7) is 1.89. The molecule has 0 aromatic heterocycles. The summed E-state index contributed by atoms with van der Waals surface area (Å²) in [6, 6.07) is 14.6. The van der Waals surface area contributed by atoms with Gasteiger partial charge in [0, 0.05) is 12.1 Å². The molecule has 156 valence electrons. The highest BCUT2D eigenvalue weighted by atomic mass is 16.5. The van der Waals surface area contributed by atoms with E-state index in [0.29, 0.717) is 5.69 Å². The Morgan fingerprint density at radius 2 is 1.60 bits per heavy atom. The number of quaternary nitrogens is 1. The van der Waals surface area contributed by atoms with Crippen LogP contribution in [-0.2, 0) is 14.3 Å². The zero-order valence-electron chi connectivity index (χ0n) is 17.1. The first-order valence-corrected chi connectivity index (χ1v) is 9.69. The number of hydrogen-bond acceptors (Lipinski definition) is 5. The summed E-state index contributed by atoms with van der Waals surface area (Å²) in [6.07, 6.45) is 3.08. The highest BCUT2D eigenvalue weighted by Gasteiger charge is 2.20. The van der Waals surface area contributed by atoms with Crippen molar-refractivity contribution in [2.24, 2.45) is 0 Å². The monoisotopic (exact) mass is 409 g/mol. The summed E-state index contributed by atoms with van der Waals surface area (Å²) < 4.78 is 9.44. The molecular formula is C23H25N2O5+. The van der Waals surface area contributed by atoms with Crippen molar-refractivity contribution in [1.29, 1.82) is 0 Å². The van der Waals surface area contributed by atoms with E-state index in [1.165, 1.54) is 43.6 Å². The molecule has 0 spiro atoms.